The Morgan fingerprint density at radius 3 is 2.42 bits per heavy atom. The van der Waals surface area contributed by atoms with Gasteiger partial charge in [0.05, 0.1) is 0 Å². The van der Waals surface area contributed by atoms with E-state index in [1.807, 2.05) is 34.1 Å². The van der Waals surface area contributed by atoms with Crippen LogP contribution in [0, 0.1) is 0 Å². The Balaban J connectivity index is 2.15. The highest BCUT2D eigenvalue weighted by atomic mass is 16.2. The maximum Gasteiger partial charge on any atom is 0.324 e. The fraction of sp³-hybridized carbons (Fsp3) is 0.533. The van der Waals surface area contributed by atoms with Crippen molar-refractivity contribution in [2.45, 2.75) is 32.7 Å². The second kappa shape index (κ2) is 6.57. The Morgan fingerprint density at radius 2 is 1.89 bits per heavy atom. The molecule has 4 heteroatoms. The zero-order chi connectivity index (χ0) is 13.7. The highest BCUT2D eigenvalue weighted by Gasteiger charge is 2.24. The van der Waals surface area contributed by atoms with Gasteiger partial charge in [-0.05, 0) is 37.0 Å². The van der Waals surface area contributed by atoms with Crippen molar-refractivity contribution in [2.24, 2.45) is 5.73 Å². The van der Waals surface area contributed by atoms with Crippen LogP contribution >= 0.6 is 0 Å². The van der Waals surface area contributed by atoms with E-state index in [2.05, 4.69) is 6.92 Å². The highest BCUT2D eigenvalue weighted by molar-refractivity contribution is 5.92. The van der Waals surface area contributed by atoms with Gasteiger partial charge in [-0.1, -0.05) is 19.1 Å². The predicted octanol–water partition coefficient (Wildman–Crippen LogP) is 2.58. The number of nitrogens with zero attached hydrogens (tertiary/aromatic N) is 2. The number of hydrogen-bond acceptors (Lipinski definition) is 2. The first-order chi connectivity index (χ1) is 9.26. The zero-order valence-electron chi connectivity index (χ0n) is 11.6. The lowest BCUT2D eigenvalue weighted by Gasteiger charge is -2.27. The van der Waals surface area contributed by atoms with Gasteiger partial charge in [0, 0.05) is 31.9 Å². The molecule has 0 aromatic heterocycles. The second-order valence-electron chi connectivity index (χ2n) is 5.00. The van der Waals surface area contributed by atoms with E-state index >= 15 is 0 Å². The van der Waals surface area contributed by atoms with Gasteiger partial charge >= 0.3 is 6.03 Å². The number of urea groups is 1. The molecule has 1 fully saturated rings. The van der Waals surface area contributed by atoms with Crippen LogP contribution in [0.5, 0.6) is 0 Å². The van der Waals surface area contributed by atoms with Gasteiger partial charge in [0.1, 0.15) is 0 Å². The van der Waals surface area contributed by atoms with Crippen molar-refractivity contribution in [3.05, 3.63) is 29.8 Å². The van der Waals surface area contributed by atoms with Gasteiger partial charge in [0.25, 0.3) is 0 Å². The molecule has 0 unspecified atom stereocenters. The fourth-order valence-corrected chi connectivity index (χ4v) is 2.45. The van der Waals surface area contributed by atoms with Crippen molar-refractivity contribution in [1.82, 2.24) is 4.90 Å². The average Bonchev–Trinajstić information content (AvgIpc) is 2.98. The van der Waals surface area contributed by atoms with Crippen LogP contribution in [0.2, 0.25) is 0 Å². The van der Waals surface area contributed by atoms with Crippen molar-refractivity contribution in [3.8, 4) is 0 Å². The molecule has 1 aliphatic rings. The van der Waals surface area contributed by atoms with Crippen molar-refractivity contribution in [2.75, 3.05) is 24.5 Å². The van der Waals surface area contributed by atoms with E-state index in [1.54, 1.807) is 0 Å². The molecule has 0 saturated carbocycles. The van der Waals surface area contributed by atoms with E-state index in [0.717, 1.165) is 50.1 Å². The van der Waals surface area contributed by atoms with Crippen LogP contribution in [0.15, 0.2) is 24.3 Å². The summed E-state index contributed by atoms with van der Waals surface area (Å²) in [5.74, 6) is 0. The van der Waals surface area contributed by atoms with Gasteiger partial charge in [-0.25, -0.2) is 4.79 Å². The summed E-state index contributed by atoms with van der Waals surface area (Å²) >= 11 is 0. The third-order valence-corrected chi connectivity index (χ3v) is 3.54. The number of likely N-dealkylation sites (tertiary alicyclic amines) is 1. The molecule has 19 heavy (non-hydrogen) atoms. The minimum atomic E-state index is 0.139. The summed E-state index contributed by atoms with van der Waals surface area (Å²) in [7, 11) is 0. The lowest BCUT2D eigenvalue weighted by atomic mass is 10.2. The first-order valence-electron chi connectivity index (χ1n) is 7.11. The summed E-state index contributed by atoms with van der Waals surface area (Å²) in [5, 5.41) is 0. The van der Waals surface area contributed by atoms with Gasteiger partial charge in [0.15, 0.2) is 0 Å². The summed E-state index contributed by atoms with van der Waals surface area (Å²) in [6.07, 6.45) is 3.20. The van der Waals surface area contributed by atoms with Crippen molar-refractivity contribution >= 4 is 11.7 Å². The number of hydrogen-bond donors (Lipinski definition) is 1. The third kappa shape index (κ3) is 3.26. The number of benzene rings is 1. The van der Waals surface area contributed by atoms with Crippen LogP contribution < -0.4 is 10.6 Å². The van der Waals surface area contributed by atoms with Crippen molar-refractivity contribution < 1.29 is 4.79 Å². The smallest absolute Gasteiger partial charge is 0.324 e. The maximum atomic E-state index is 12.5. The molecule has 4 nitrogen and oxygen atoms in total. The van der Waals surface area contributed by atoms with Crippen LogP contribution in [0.3, 0.4) is 0 Å². The number of amides is 2. The normalized spacial score (nSPS) is 14.7. The predicted molar refractivity (Wildman–Crippen MR) is 78.2 cm³/mol. The standard InChI is InChI=1S/C15H23N3O/c1-2-9-18(15(19)17-10-3-4-11-17)14-7-5-13(12-16)6-8-14/h5-8H,2-4,9-12,16H2,1H3. The largest absolute Gasteiger partial charge is 0.326 e. The molecule has 2 rings (SSSR count). The van der Waals surface area contributed by atoms with E-state index < -0.39 is 0 Å². The summed E-state index contributed by atoms with van der Waals surface area (Å²) < 4.78 is 0. The Hall–Kier alpha value is -1.55. The molecule has 0 bridgehead atoms. The minimum Gasteiger partial charge on any atom is -0.326 e. The van der Waals surface area contributed by atoms with E-state index in [9.17, 15) is 4.79 Å². The van der Waals surface area contributed by atoms with Crippen LogP contribution in [0.4, 0.5) is 10.5 Å². The molecule has 1 saturated heterocycles. The second-order valence-corrected chi connectivity index (χ2v) is 5.00. The molecule has 1 aromatic rings. The van der Waals surface area contributed by atoms with Crippen molar-refractivity contribution in [1.29, 1.82) is 0 Å². The van der Waals surface area contributed by atoms with Crippen molar-refractivity contribution in [3.63, 3.8) is 0 Å². The molecule has 1 heterocycles. The fourth-order valence-electron chi connectivity index (χ4n) is 2.45. The SMILES string of the molecule is CCCN(C(=O)N1CCCC1)c1ccc(CN)cc1. The molecule has 1 aliphatic heterocycles. The van der Waals surface area contributed by atoms with Crippen LogP contribution in [-0.2, 0) is 6.54 Å². The summed E-state index contributed by atoms with van der Waals surface area (Å²) in [6.45, 7) is 5.17. The van der Waals surface area contributed by atoms with Gasteiger partial charge in [-0.15, -0.1) is 0 Å². The Kier molecular flexibility index (Phi) is 4.80. The van der Waals surface area contributed by atoms with Gasteiger partial charge in [-0.2, -0.15) is 0 Å². The van der Waals surface area contributed by atoms with Crippen LogP contribution in [0.1, 0.15) is 31.7 Å². The Labute approximate surface area is 115 Å². The summed E-state index contributed by atoms with van der Waals surface area (Å²) in [4.78, 5) is 16.3. The molecule has 0 radical (unpaired) electrons. The number of carbonyl (C=O) groups excluding carboxylic acids is 1. The Morgan fingerprint density at radius 1 is 1.26 bits per heavy atom. The monoisotopic (exact) mass is 261 g/mol. The van der Waals surface area contributed by atoms with Crippen LogP contribution in [0.25, 0.3) is 0 Å². The number of rotatable bonds is 4. The number of nitrogens with two attached hydrogens (primary N) is 1. The molecule has 2 N–H and O–H groups in total. The molecule has 0 spiro atoms. The summed E-state index contributed by atoms with van der Waals surface area (Å²) in [5.41, 5.74) is 7.67. The minimum absolute atomic E-state index is 0.139. The molecular weight excluding hydrogens is 238 g/mol. The molecule has 1 aromatic carbocycles. The van der Waals surface area contributed by atoms with Crippen LogP contribution in [-0.4, -0.2) is 30.6 Å². The van der Waals surface area contributed by atoms with E-state index in [4.69, 9.17) is 5.73 Å². The molecular formula is C15H23N3O. The van der Waals surface area contributed by atoms with Gasteiger partial charge in [-0.3, -0.25) is 4.90 Å². The van der Waals surface area contributed by atoms with Gasteiger partial charge < -0.3 is 10.6 Å². The van der Waals surface area contributed by atoms with E-state index in [-0.39, 0.29) is 6.03 Å². The third-order valence-electron chi connectivity index (χ3n) is 3.54. The highest BCUT2D eigenvalue weighted by Crippen LogP contribution is 2.19. The molecule has 104 valence electrons. The molecule has 2 amide bonds. The number of anilines is 1. The van der Waals surface area contributed by atoms with Gasteiger partial charge in [0.2, 0.25) is 0 Å². The number of carbonyl (C=O) groups is 1. The Bertz CT molecular complexity index is 410. The lowest BCUT2D eigenvalue weighted by molar-refractivity contribution is 0.215. The van der Waals surface area contributed by atoms with E-state index in [1.165, 1.54) is 0 Å². The quantitative estimate of drug-likeness (QED) is 0.905. The lowest BCUT2D eigenvalue weighted by Crippen LogP contribution is -2.42. The molecule has 0 aliphatic carbocycles. The zero-order valence-corrected chi connectivity index (χ0v) is 11.6. The summed E-state index contributed by atoms with van der Waals surface area (Å²) in [6, 6.07) is 8.11. The first-order valence-corrected chi connectivity index (χ1v) is 7.11. The first kappa shape index (κ1) is 13.9. The molecule has 0 atom stereocenters. The van der Waals surface area contributed by atoms with E-state index in [0.29, 0.717) is 6.54 Å². The maximum absolute atomic E-state index is 12.5. The average molecular weight is 261 g/mol. The topological polar surface area (TPSA) is 49.6 Å².